The van der Waals surface area contributed by atoms with Crippen LogP contribution in [-0.2, 0) is 11.2 Å². The van der Waals surface area contributed by atoms with Gasteiger partial charge in [-0.1, -0.05) is 12.1 Å². The largest absolute Gasteiger partial charge is 0.508 e. The molecule has 15 heavy (non-hydrogen) atoms. The molecule has 4 heteroatoms. The predicted octanol–water partition coefficient (Wildman–Crippen LogP) is 0.433. The van der Waals surface area contributed by atoms with Crippen LogP contribution in [0.15, 0.2) is 24.3 Å². The van der Waals surface area contributed by atoms with Crippen LogP contribution >= 0.6 is 0 Å². The van der Waals surface area contributed by atoms with Crippen molar-refractivity contribution in [3.63, 3.8) is 0 Å². The highest BCUT2D eigenvalue weighted by Crippen LogP contribution is 2.09. The number of phenols is 1. The van der Waals surface area contributed by atoms with E-state index in [2.05, 4.69) is 5.32 Å². The molecule has 1 aromatic carbocycles. The fraction of sp³-hybridized carbons (Fsp3) is 0.364. The van der Waals surface area contributed by atoms with Gasteiger partial charge in [-0.05, 0) is 24.1 Å². The van der Waals surface area contributed by atoms with Gasteiger partial charge in [0.25, 0.3) is 0 Å². The summed E-state index contributed by atoms with van der Waals surface area (Å²) in [5, 5.41) is 20.2. The Labute approximate surface area is 88.6 Å². The number of benzene rings is 1. The van der Waals surface area contributed by atoms with Crippen LogP contribution in [0.3, 0.4) is 0 Å². The number of hydrogen-bond acceptors (Lipinski definition) is 3. The second kappa shape index (κ2) is 6.03. The average molecular weight is 209 g/mol. The van der Waals surface area contributed by atoms with E-state index in [1.807, 2.05) is 0 Å². The third-order valence-electron chi connectivity index (χ3n) is 1.96. The van der Waals surface area contributed by atoms with E-state index in [9.17, 15) is 4.79 Å². The molecule has 0 radical (unpaired) electrons. The van der Waals surface area contributed by atoms with E-state index < -0.39 is 0 Å². The minimum absolute atomic E-state index is 0.0749. The lowest BCUT2D eigenvalue weighted by Crippen LogP contribution is -2.26. The van der Waals surface area contributed by atoms with Crippen molar-refractivity contribution in [2.45, 2.75) is 12.8 Å². The molecule has 0 unspecified atom stereocenters. The van der Waals surface area contributed by atoms with E-state index in [-0.39, 0.29) is 18.3 Å². The number of carbonyl (C=O) groups excluding carboxylic acids is 1. The summed E-state index contributed by atoms with van der Waals surface area (Å²) >= 11 is 0. The Morgan fingerprint density at radius 3 is 2.53 bits per heavy atom. The van der Waals surface area contributed by atoms with Crippen LogP contribution in [0.2, 0.25) is 0 Å². The Kier molecular flexibility index (Phi) is 4.63. The molecule has 0 saturated heterocycles. The maximum atomic E-state index is 11.3. The molecule has 0 heterocycles. The van der Waals surface area contributed by atoms with Crippen molar-refractivity contribution >= 4 is 5.91 Å². The van der Waals surface area contributed by atoms with Gasteiger partial charge >= 0.3 is 0 Å². The summed E-state index contributed by atoms with van der Waals surface area (Å²) in [5.74, 6) is 0.119. The molecule has 0 atom stereocenters. The summed E-state index contributed by atoms with van der Waals surface area (Å²) in [6.45, 7) is 0.576. The molecular formula is C11H15NO3. The smallest absolute Gasteiger partial charge is 0.224 e. The SMILES string of the molecule is O=C(Cc1ccc(O)cc1)NCCCO. The second-order valence-electron chi connectivity index (χ2n) is 3.27. The topological polar surface area (TPSA) is 69.6 Å². The van der Waals surface area contributed by atoms with Crippen LogP contribution in [0.5, 0.6) is 5.75 Å². The third kappa shape index (κ3) is 4.46. The summed E-state index contributed by atoms with van der Waals surface area (Å²) in [6, 6.07) is 6.52. The molecule has 1 amide bonds. The summed E-state index contributed by atoms with van der Waals surface area (Å²) in [5.41, 5.74) is 0.856. The summed E-state index contributed by atoms with van der Waals surface area (Å²) in [6.07, 6.45) is 0.868. The van der Waals surface area contributed by atoms with Gasteiger partial charge in [0, 0.05) is 13.2 Å². The van der Waals surface area contributed by atoms with Crippen LogP contribution < -0.4 is 5.32 Å². The number of carbonyl (C=O) groups is 1. The van der Waals surface area contributed by atoms with E-state index in [1.165, 1.54) is 0 Å². The number of rotatable bonds is 5. The maximum absolute atomic E-state index is 11.3. The van der Waals surface area contributed by atoms with E-state index in [4.69, 9.17) is 10.2 Å². The molecule has 0 aliphatic heterocycles. The number of aliphatic hydroxyl groups is 1. The first-order chi connectivity index (χ1) is 7.22. The molecular weight excluding hydrogens is 194 g/mol. The lowest BCUT2D eigenvalue weighted by atomic mass is 10.1. The fourth-order valence-corrected chi connectivity index (χ4v) is 1.17. The molecule has 0 aliphatic rings. The Bertz CT molecular complexity index is 308. The van der Waals surface area contributed by atoms with Crippen molar-refractivity contribution < 1.29 is 15.0 Å². The molecule has 82 valence electrons. The lowest BCUT2D eigenvalue weighted by Gasteiger charge is -2.04. The average Bonchev–Trinajstić information content (AvgIpc) is 2.22. The first kappa shape index (κ1) is 11.5. The van der Waals surface area contributed by atoms with Gasteiger partial charge in [0.2, 0.25) is 5.91 Å². The van der Waals surface area contributed by atoms with Crippen molar-refractivity contribution in [2.75, 3.05) is 13.2 Å². The Balaban J connectivity index is 2.34. The quantitative estimate of drug-likeness (QED) is 0.616. The van der Waals surface area contributed by atoms with Crippen LogP contribution in [-0.4, -0.2) is 29.3 Å². The number of amides is 1. The predicted molar refractivity (Wildman–Crippen MR) is 56.5 cm³/mol. The van der Waals surface area contributed by atoms with Gasteiger partial charge in [-0.25, -0.2) is 0 Å². The molecule has 4 nitrogen and oxygen atoms in total. The number of hydrogen-bond donors (Lipinski definition) is 3. The molecule has 0 bridgehead atoms. The zero-order valence-electron chi connectivity index (χ0n) is 8.44. The first-order valence-corrected chi connectivity index (χ1v) is 4.88. The Morgan fingerprint density at radius 1 is 1.27 bits per heavy atom. The second-order valence-corrected chi connectivity index (χ2v) is 3.27. The minimum Gasteiger partial charge on any atom is -0.508 e. The number of phenolic OH excluding ortho intramolecular Hbond substituents is 1. The van der Waals surface area contributed by atoms with Crippen LogP contribution in [0.25, 0.3) is 0 Å². The van der Waals surface area contributed by atoms with Gasteiger partial charge in [-0.2, -0.15) is 0 Å². The molecule has 0 aromatic heterocycles. The van der Waals surface area contributed by atoms with Crippen molar-refractivity contribution in [2.24, 2.45) is 0 Å². The zero-order chi connectivity index (χ0) is 11.1. The molecule has 1 rings (SSSR count). The van der Waals surface area contributed by atoms with Crippen molar-refractivity contribution in [1.82, 2.24) is 5.32 Å². The van der Waals surface area contributed by atoms with E-state index in [0.29, 0.717) is 19.4 Å². The fourth-order valence-electron chi connectivity index (χ4n) is 1.17. The van der Waals surface area contributed by atoms with Gasteiger partial charge in [-0.15, -0.1) is 0 Å². The highest BCUT2D eigenvalue weighted by molar-refractivity contribution is 5.78. The monoisotopic (exact) mass is 209 g/mol. The highest BCUT2D eigenvalue weighted by Gasteiger charge is 2.02. The standard InChI is InChI=1S/C11H15NO3/c13-7-1-6-12-11(15)8-9-2-4-10(14)5-3-9/h2-5,13-14H,1,6-8H2,(H,12,15). The highest BCUT2D eigenvalue weighted by atomic mass is 16.3. The molecule has 0 fully saturated rings. The van der Waals surface area contributed by atoms with E-state index >= 15 is 0 Å². The maximum Gasteiger partial charge on any atom is 0.224 e. The number of aliphatic hydroxyl groups excluding tert-OH is 1. The molecule has 0 aliphatic carbocycles. The van der Waals surface area contributed by atoms with E-state index in [0.717, 1.165) is 5.56 Å². The summed E-state index contributed by atoms with van der Waals surface area (Å²) in [7, 11) is 0. The molecule has 0 spiro atoms. The van der Waals surface area contributed by atoms with E-state index in [1.54, 1.807) is 24.3 Å². The Hall–Kier alpha value is -1.55. The van der Waals surface area contributed by atoms with Crippen LogP contribution in [0.1, 0.15) is 12.0 Å². The van der Waals surface area contributed by atoms with Crippen molar-refractivity contribution in [3.8, 4) is 5.75 Å². The molecule has 1 aromatic rings. The van der Waals surface area contributed by atoms with Gasteiger partial charge in [0.1, 0.15) is 5.75 Å². The molecule has 3 N–H and O–H groups in total. The van der Waals surface area contributed by atoms with Crippen LogP contribution in [0, 0.1) is 0 Å². The van der Waals surface area contributed by atoms with Crippen molar-refractivity contribution in [1.29, 1.82) is 0 Å². The molecule has 0 saturated carbocycles. The van der Waals surface area contributed by atoms with Crippen LogP contribution in [0.4, 0.5) is 0 Å². The number of nitrogens with one attached hydrogen (secondary N) is 1. The van der Waals surface area contributed by atoms with Gasteiger partial charge < -0.3 is 15.5 Å². The third-order valence-corrected chi connectivity index (χ3v) is 1.96. The Morgan fingerprint density at radius 2 is 1.93 bits per heavy atom. The minimum atomic E-state index is -0.0749. The lowest BCUT2D eigenvalue weighted by molar-refractivity contribution is -0.120. The van der Waals surface area contributed by atoms with Gasteiger partial charge in [-0.3, -0.25) is 4.79 Å². The van der Waals surface area contributed by atoms with Crippen molar-refractivity contribution in [3.05, 3.63) is 29.8 Å². The summed E-state index contributed by atoms with van der Waals surface area (Å²) < 4.78 is 0. The normalized spacial score (nSPS) is 9.93. The number of aromatic hydroxyl groups is 1. The zero-order valence-corrected chi connectivity index (χ0v) is 8.44. The van der Waals surface area contributed by atoms with Gasteiger partial charge in [0.05, 0.1) is 6.42 Å². The van der Waals surface area contributed by atoms with Gasteiger partial charge in [0.15, 0.2) is 0 Å². The first-order valence-electron chi connectivity index (χ1n) is 4.88. The summed E-state index contributed by atoms with van der Waals surface area (Å²) in [4.78, 5) is 11.3.